The fourth-order valence-electron chi connectivity index (χ4n) is 3.56. The second kappa shape index (κ2) is 8.21. The maximum atomic E-state index is 13.3. The van der Waals surface area contributed by atoms with Crippen molar-refractivity contribution in [3.05, 3.63) is 95.5 Å². The summed E-state index contributed by atoms with van der Waals surface area (Å²) >= 11 is 0. The Morgan fingerprint density at radius 2 is 1.77 bits per heavy atom. The van der Waals surface area contributed by atoms with Gasteiger partial charge in [0.1, 0.15) is 11.7 Å². The van der Waals surface area contributed by atoms with Gasteiger partial charge in [-0.3, -0.25) is 4.79 Å². The summed E-state index contributed by atoms with van der Waals surface area (Å²) in [6, 6.07) is 21.0. The minimum absolute atomic E-state index is 0.145. The summed E-state index contributed by atoms with van der Waals surface area (Å²) in [7, 11) is 0. The summed E-state index contributed by atoms with van der Waals surface area (Å²) in [5.74, 6) is -0.644. The number of aromatic nitrogens is 2. The first-order chi connectivity index (χ1) is 14.6. The first kappa shape index (κ1) is 19.4. The van der Waals surface area contributed by atoms with Gasteiger partial charge in [-0.25, -0.2) is 4.98 Å². The van der Waals surface area contributed by atoms with Gasteiger partial charge >= 0.3 is 0 Å². The maximum absolute atomic E-state index is 13.3. The Bertz CT molecular complexity index is 1210. The van der Waals surface area contributed by atoms with Crippen molar-refractivity contribution in [3.8, 4) is 17.0 Å². The van der Waals surface area contributed by atoms with Crippen molar-refractivity contribution in [2.24, 2.45) is 0 Å². The van der Waals surface area contributed by atoms with E-state index in [0.29, 0.717) is 34.3 Å². The summed E-state index contributed by atoms with van der Waals surface area (Å²) in [4.78, 5) is 17.9. The number of hydrogen-bond donors (Lipinski definition) is 2. The van der Waals surface area contributed by atoms with Crippen LogP contribution in [0.4, 0.5) is 0 Å². The third-order valence-electron chi connectivity index (χ3n) is 5.07. The predicted molar refractivity (Wildman–Crippen MR) is 115 cm³/mol. The van der Waals surface area contributed by atoms with E-state index in [9.17, 15) is 15.1 Å². The van der Waals surface area contributed by atoms with Crippen molar-refractivity contribution >= 4 is 16.8 Å². The normalized spacial score (nSPS) is 11.9. The van der Waals surface area contributed by atoms with Crippen molar-refractivity contribution in [3.63, 3.8) is 0 Å². The van der Waals surface area contributed by atoms with Gasteiger partial charge < -0.3 is 15.6 Å². The zero-order chi connectivity index (χ0) is 21.1. The molecule has 6 heteroatoms. The van der Waals surface area contributed by atoms with Crippen molar-refractivity contribution in [1.82, 2.24) is 10.3 Å². The molecule has 30 heavy (non-hydrogen) atoms. The monoisotopic (exact) mass is 399 g/mol. The Morgan fingerprint density at radius 3 is 2.50 bits per heavy atom. The molecule has 150 valence electrons. The van der Waals surface area contributed by atoms with E-state index in [1.165, 1.54) is 6.20 Å². The Balaban J connectivity index is 1.82. The Morgan fingerprint density at radius 1 is 1.07 bits per heavy atom. The lowest BCUT2D eigenvalue weighted by Crippen LogP contribution is -2.39. The molecule has 0 saturated heterocycles. The van der Waals surface area contributed by atoms with Crippen LogP contribution in [-0.2, 0) is 0 Å². The van der Waals surface area contributed by atoms with E-state index in [1.807, 2.05) is 43.3 Å². The molecule has 1 unspecified atom stereocenters. The molecular formula is C24H21N3O3. The zero-order valence-corrected chi connectivity index (χ0v) is 16.4. The largest absolute Gasteiger partial charge is 0.618 e. The second-order valence-electron chi connectivity index (χ2n) is 6.95. The number of nitrogens with zero attached hydrogens (tertiary/aromatic N) is 2. The molecule has 2 heterocycles. The molecule has 0 fully saturated rings. The van der Waals surface area contributed by atoms with Crippen molar-refractivity contribution in [1.29, 1.82) is 0 Å². The van der Waals surface area contributed by atoms with E-state index in [4.69, 9.17) is 0 Å². The minimum atomic E-state index is -0.497. The highest BCUT2D eigenvalue weighted by molar-refractivity contribution is 6.10. The van der Waals surface area contributed by atoms with Crippen molar-refractivity contribution < 1.29 is 14.6 Å². The van der Waals surface area contributed by atoms with Crippen LogP contribution in [0.5, 0.6) is 5.75 Å². The molecule has 0 aliphatic carbocycles. The number of amides is 1. The first-order valence-corrected chi connectivity index (χ1v) is 9.76. The summed E-state index contributed by atoms with van der Waals surface area (Å²) in [5.41, 5.74) is 2.24. The first-order valence-electron chi connectivity index (χ1n) is 9.76. The fraction of sp³-hybridized carbons (Fsp3) is 0.125. The molecule has 6 nitrogen and oxygen atoms in total. The van der Waals surface area contributed by atoms with Gasteiger partial charge in [0.2, 0.25) is 5.69 Å². The summed E-state index contributed by atoms with van der Waals surface area (Å²) < 4.78 is 0.744. The highest BCUT2D eigenvalue weighted by Crippen LogP contribution is 2.35. The molecule has 0 radical (unpaired) electrons. The maximum Gasteiger partial charge on any atom is 0.256 e. The van der Waals surface area contributed by atoms with Gasteiger partial charge in [-0.2, -0.15) is 4.73 Å². The molecule has 1 atom stereocenters. The number of carbonyl (C=O) groups is 1. The van der Waals surface area contributed by atoms with Crippen molar-refractivity contribution in [2.45, 2.75) is 19.4 Å². The number of hydrogen-bond acceptors (Lipinski definition) is 4. The lowest BCUT2D eigenvalue weighted by molar-refractivity contribution is -0.616. The van der Waals surface area contributed by atoms with E-state index < -0.39 is 11.9 Å². The van der Waals surface area contributed by atoms with Gasteiger partial charge in [0.05, 0.1) is 11.1 Å². The lowest BCUT2D eigenvalue weighted by atomic mass is 10.0. The molecule has 2 N–H and O–H groups in total. The molecule has 4 rings (SSSR count). The minimum Gasteiger partial charge on any atom is -0.618 e. The van der Waals surface area contributed by atoms with Gasteiger partial charge in [0, 0.05) is 23.1 Å². The summed E-state index contributed by atoms with van der Waals surface area (Å²) in [6.07, 6.45) is 1.92. The third kappa shape index (κ3) is 3.55. The Kier molecular flexibility index (Phi) is 5.30. The van der Waals surface area contributed by atoms with Crippen LogP contribution in [0, 0.1) is 5.21 Å². The second-order valence-corrected chi connectivity index (χ2v) is 6.95. The molecule has 0 aliphatic heterocycles. The highest BCUT2D eigenvalue weighted by atomic mass is 16.5. The number of aromatic hydroxyl groups is 1. The van der Waals surface area contributed by atoms with Crippen LogP contribution < -0.4 is 10.0 Å². The number of rotatable bonds is 5. The predicted octanol–water partition coefficient (Wildman–Crippen LogP) is 4.12. The Labute approximate surface area is 174 Å². The van der Waals surface area contributed by atoms with Crippen LogP contribution in [0.2, 0.25) is 0 Å². The standard InChI is InChI=1S/C24H21N3O3/c1-2-18(20-14-8-9-15-27(20)30)26-24(29)21-17-12-6-7-13-19(17)25-22(23(21)28)16-10-4-3-5-11-16/h3-15,18,28H,2H2,1H3,(H,26,29). The van der Waals surface area contributed by atoms with Gasteiger partial charge in [-0.1, -0.05) is 55.5 Å². The smallest absolute Gasteiger partial charge is 0.256 e. The molecule has 0 bridgehead atoms. The number of carbonyl (C=O) groups excluding carboxylic acids is 1. The van der Waals surface area contributed by atoms with Crippen LogP contribution in [0.3, 0.4) is 0 Å². The van der Waals surface area contributed by atoms with E-state index in [2.05, 4.69) is 10.3 Å². The van der Waals surface area contributed by atoms with Gasteiger partial charge in [0.25, 0.3) is 5.91 Å². The molecule has 4 aromatic rings. The molecule has 0 saturated carbocycles. The van der Waals surface area contributed by atoms with Crippen molar-refractivity contribution in [2.75, 3.05) is 0 Å². The van der Waals surface area contributed by atoms with E-state index in [1.54, 1.807) is 36.4 Å². The van der Waals surface area contributed by atoms with Crippen LogP contribution in [0.1, 0.15) is 35.4 Å². The van der Waals surface area contributed by atoms with Crippen LogP contribution >= 0.6 is 0 Å². The molecule has 2 aromatic carbocycles. The number of para-hydroxylation sites is 1. The van der Waals surface area contributed by atoms with Gasteiger partial charge in [-0.05, 0) is 18.6 Å². The average molecular weight is 399 g/mol. The average Bonchev–Trinajstić information content (AvgIpc) is 2.78. The van der Waals surface area contributed by atoms with Crippen LogP contribution in [0.15, 0.2) is 79.0 Å². The Hall–Kier alpha value is -3.93. The topological polar surface area (TPSA) is 89.2 Å². The number of nitrogens with one attached hydrogen (secondary N) is 1. The highest BCUT2D eigenvalue weighted by Gasteiger charge is 2.25. The lowest BCUT2D eigenvalue weighted by Gasteiger charge is -2.18. The number of benzene rings is 2. The van der Waals surface area contributed by atoms with Gasteiger partial charge in [-0.15, -0.1) is 0 Å². The van der Waals surface area contributed by atoms with Crippen LogP contribution in [0.25, 0.3) is 22.2 Å². The van der Waals surface area contributed by atoms with Crippen LogP contribution in [-0.4, -0.2) is 16.0 Å². The molecular weight excluding hydrogens is 378 g/mol. The van der Waals surface area contributed by atoms with E-state index in [-0.39, 0.29) is 11.3 Å². The molecule has 0 spiro atoms. The number of fused-ring (bicyclic) bond motifs is 1. The molecule has 0 aliphatic rings. The molecule has 2 aromatic heterocycles. The fourth-order valence-corrected chi connectivity index (χ4v) is 3.56. The quantitative estimate of drug-likeness (QED) is 0.390. The summed E-state index contributed by atoms with van der Waals surface area (Å²) in [5, 5.41) is 26.6. The third-order valence-corrected chi connectivity index (χ3v) is 5.07. The molecule has 1 amide bonds. The van der Waals surface area contributed by atoms with E-state index in [0.717, 1.165) is 4.73 Å². The van der Waals surface area contributed by atoms with E-state index >= 15 is 0 Å². The zero-order valence-electron chi connectivity index (χ0n) is 16.4. The summed E-state index contributed by atoms with van der Waals surface area (Å²) in [6.45, 7) is 1.89. The van der Waals surface area contributed by atoms with Gasteiger partial charge in [0.15, 0.2) is 11.9 Å². The number of pyridine rings is 2. The SMILES string of the molecule is CCC(NC(=O)c1c(O)c(-c2ccccc2)nc2ccccc12)c1cccc[n+]1[O-].